The fourth-order valence-corrected chi connectivity index (χ4v) is 1.50. The number of rotatable bonds is 3. The third-order valence-electron chi connectivity index (χ3n) is 2.24. The fraction of sp³-hybridized carbons (Fsp3) is 0.385. The molecular formula is C13H17NO3. The SMILES string of the molecule is CCOC(=O)c1cc(C)cc(C(=O)N(C)C)c1. The van der Waals surface area contributed by atoms with Gasteiger partial charge in [-0.25, -0.2) is 4.79 Å². The summed E-state index contributed by atoms with van der Waals surface area (Å²) in [5.74, 6) is -0.525. The highest BCUT2D eigenvalue weighted by Gasteiger charge is 2.13. The van der Waals surface area contributed by atoms with Crippen LogP contribution in [0.25, 0.3) is 0 Å². The van der Waals surface area contributed by atoms with Crippen LogP contribution in [-0.2, 0) is 4.74 Å². The highest BCUT2D eigenvalue weighted by molar-refractivity contribution is 5.98. The molecule has 0 atom stereocenters. The van der Waals surface area contributed by atoms with Gasteiger partial charge in [-0.1, -0.05) is 0 Å². The number of benzene rings is 1. The molecule has 1 rings (SSSR count). The third-order valence-corrected chi connectivity index (χ3v) is 2.24. The Bertz CT molecular complexity index is 438. The van der Waals surface area contributed by atoms with E-state index in [-0.39, 0.29) is 5.91 Å². The monoisotopic (exact) mass is 235 g/mol. The van der Waals surface area contributed by atoms with Crippen LogP contribution in [0.3, 0.4) is 0 Å². The first-order valence-electron chi connectivity index (χ1n) is 5.46. The highest BCUT2D eigenvalue weighted by atomic mass is 16.5. The van der Waals surface area contributed by atoms with Crippen LogP contribution in [0.4, 0.5) is 0 Å². The van der Waals surface area contributed by atoms with Crippen LogP contribution in [0.5, 0.6) is 0 Å². The standard InChI is InChI=1S/C13H17NO3/c1-5-17-13(16)11-7-9(2)6-10(8-11)12(15)14(3)4/h6-8H,5H2,1-4H3. The predicted molar refractivity (Wildman–Crippen MR) is 65.2 cm³/mol. The van der Waals surface area contributed by atoms with Crippen molar-refractivity contribution in [2.45, 2.75) is 13.8 Å². The Morgan fingerprint density at radius 3 is 2.29 bits per heavy atom. The zero-order valence-corrected chi connectivity index (χ0v) is 10.6. The van der Waals surface area contributed by atoms with E-state index in [0.717, 1.165) is 5.56 Å². The Kier molecular flexibility index (Phi) is 4.26. The van der Waals surface area contributed by atoms with Gasteiger partial charge in [0, 0.05) is 19.7 Å². The van der Waals surface area contributed by atoms with E-state index in [1.54, 1.807) is 39.2 Å². The molecule has 0 heterocycles. The van der Waals surface area contributed by atoms with Gasteiger partial charge in [0.2, 0.25) is 0 Å². The normalized spacial score (nSPS) is 9.88. The van der Waals surface area contributed by atoms with Crippen molar-refractivity contribution in [2.75, 3.05) is 20.7 Å². The Balaban J connectivity index is 3.10. The van der Waals surface area contributed by atoms with Crippen LogP contribution >= 0.6 is 0 Å². The summed E-state index contributed by atoms with van der Waals surface area (Å²) in [7, 11) is 3.35. The molecule has 4 nitrogen and oxygen atoms in total. The van der Waals surface area contributed by atoms with E-state index in [1.165, 1.54) is 4.90 Å². The highest BCUT2D eigenvalue weighted by Crippen LogP contribution is 2.12. The van der Waals surface area contributed by atoms with E-state index >= 15 is 0 Å². The van der Waals surface area contributed by atoms with Crippen LogP contribution in [0.15, 0.2) is 18.2 Å². The summed E-state index contributed by atoms with van der Waals surface area (Å²) < 4.78 is 4.91. The Morgan fingerprint density at radius 1 is 1.18 bits per heavy atom. The summed E-state index contributed by atoms with van der Waals surface area (Å²) in [4.78, 5) is 24.9. The zero-order valence-electron chi connectivity index (χ0n) is 10.6. The molecule has 0 N–H and O–H groups in total. The second kappa shape index (κ2) is 5.48. The second-order valence-corrected chi connectivity index (χ2v) is 4.01. The molecule has 1 amide bonds. The lowest BCUT2D eigenvalue weighted by atomic mass is 10.1. The number of esters is 1. The van der Waals surface area contributed by atoms with Gasteiger partial charge in [0.1, 0.15) is 0 Å². The van der Waals surface area contributed by atoms with Crippen LogP contribution in [0, 0.1) is 6.92 Å². The van der Waals surface area contributed by atoms with Crippen molar-refractivity contribution < 1.29 is 14.3 Å². The first-order valence-corrected chi connectivity index (χ1v) is 5.46. The van der Waals surface area contributed by atoms with Crippen LogP contribution in [0.1, 0.15) is 33.2 Å². The van der Waals surface area contributed by atoms with Gasteiger partial charge in [-0.05, 0) is 37.6 Å². The molecule has 92 valence electrons. The lowest BCUT2D eigenvalue weighted by Gasteiger charge is -2.12. The van der Waals surface area contributed by atoms with Crippen LogP contribution in [-0.4, -0.2) is 37.5 Å². The van der Waals surface area contributed by atoms with Gasteiger partial charge in [0.15, 0.2) is 0 Å². The van der Waals surface area contributed by atoms with Crippen molar-refractivity contribution in [1.82, 2.24) is 4.90 Å². The molecule has 4 heteroatoms. The first-order chi connectivity index (χ1) is 7.95. The summed E-state index contributed by atoms with van der Waals surface area (Å²) >= 11 is 0. The number of carbonyl (C=O) groups excluding carboxylic acids is 2. The largest absolute Gasteiger partial charge is 0.462 e. The molecule has 0 aliphatic rings. The minimum Gasteiger partial charge on any atom is -0.462 e. The molecule has 0 aliphatic heterocycles. The molecule has 0 saturated carbocycles. The maximum atomic E-state index is 11.8. The van der Waals surface area contributed by atoms with Crippen molar-refractivity contribution in [3.05, 3.63) is 34.9 Å². The smallest absolute Gasteiger partial charge is 0.338 e. The topological polar surface area (TPSA) is 46.6 Å². The van der Waals surface area contributed by atoms with E-state index in [9.17, 15) is 9.59 Å². The summed E-state index contributed by atoms with van der Waals surface area (Å²) in [6, 6.07) is 5.03. The number of aryl methyl sites for hydroxylation is 1. The van der Waals surface area contributed by atoms with E-state index in [2.05, 4.69) is 0 Å². The van der Waals surface area contributed by atoms with Crippen LogP contribution < -0.4 is 0 Å². The number of carbonyl (C=O) groups is 2. The average molecular weight is 235 g/mol. The minimum absolute atomic E-state index is 0.126. The summed E-state index contributed by atoms with van der Waals surface area (Å²) in [6.45, 7) is 3.92. The molecule has 0 unspecified atom stereocenters. The molecular weight excluding hydrogens is 218 g/mol. The quantitative estimate of drug-likeness (QED) is 0.751. The van der Waals surface area contributed by atoms with Gasteiger partial charge < -0.3 is 9.64 Å². The molecule has 1 aromatic rings. The van der Waals surface area contributed by atoms with Gasteiger partial charge in [-0.3, -0.25) is 4.79 Å². The average Bonchev–Trinajstić information content (AvgIpc) is 2.27. The van der Waals surface area contributed by atoms with E-state index < -0.39 is 5.97 Å². The fourth-order valence-electron chi connectivity index (χ4n) is 1.50. The number of hydrogen-bond donors (Lipinski definition) is 0. The van der Waals surface area contributed by atoms with Crippen LogP contribution in [0.2, 0.25) is 0 Å². The van der Waals surface area contributed by atoms with E-state index in [4.69, 9.17) is 4.74 Å². The lowest BCUT2D eigenvalue weighted by molar-refractivity contribution is 0.0526. The van der Waals surface area contributed by atoms with E-state index in [1.807, 2.05) is 6.92 Å². The molecule has 0 spiro atoms. The van der Waals surface area contributed by atoms with Gasteiger partial charge in [0.05, 0.1) is 12.2 Å². The second-order valence-electron chi connectivity index (χ2n) is 4.01. The van der Waals surface area contributed by atoms with Gasteiger partial charge in [-0.15, -0.1) is 0 Å². The van der Waals surface area contributed by atoms with Crippen molar-refractivity contribution in [2.24, 2.45) is 0 Å². The predicted octanol–water partition coefficient (Wildman–Crippen LogP) is 1.87. The van der Waals surface area contributed by atoms with Gasteiger partial charge in [0.25, 0.3) is 5.91 Å². The van der Waals surface area contributed by atoms with Crippen molar-refractivity contribution in [1.29, 1.82) is 0 Å². The molecule has 0 bridgehead atoms. The summed E-state index contributed by atoms with van der Waals surface area (Å²) in [6.07, 6.45) is 0. The van der Waals surface area contributed by atoms with Gasteiger partial charge >= 0.3 is 5.97 Å². The van der Waals surface area contributed by atoms with Crippen molar-refractivity contribution >= 4 is 11.9 Å². The van der Waals surface area contributed by atoms with E-state index in [0.29, 0.717) is 17.7 Å². The summed E-state index contributed by atoms with van der Waals surface area (Å²) in [5.41, 5.74) is 1.77. The van der Waals surface area contributed by atoms with Gasteiger partial charge in [-0.2, -0.15) is 0 Å². The molecule has 0 aromatic heterocycles. The maximum absolute atomic E-state index is 11.8. The molecule has 1 aromatic carbocycles. The molecule has 0 saturated heterocycles. The number of amides is 1. The minimum atomic E-state index is -0.399. The lowest BCUT2D eigenvalue weighted by Crippen LogP contribution is -2.22. The number of hydrogen-bond acceptors (Lipinski definition) is 3. The summed E-state index contributed by atoms with van der Waals surface area (Å²) in [5, 5.41) is 0. The third kappa shape index (κ3) is 3.31. The number of ether oxygens (including phenoxy) is 1. The van der Waals surface area contributed by atoms with Crippen molar-refractivity contribution in [3.8, 4) is 0 Å². The molecule has 0 aliphatic carbocycles. The first kappa shape index (κ1) is 13.2. The molecule has 17 heavy (non-hydrogen) atoms. The Morgan fingerprint density at radius 2 is 1.76 bits per heavy atom. The molecule has 0 radical (unpaired) electrons. The maximum Gasteiger partial charge on any atom is 0.338 e. The van der Waals surface area contributed by atoms with Crippen molar-refractivity contribution in [3.63, 3.8) is 0 Å². The molecule has 0 fully saturated rings. The Labute approximate surface area is 101 Å². The Hall–Kier alpha value is -1.84. The zero-order chi connectivity index (χ0) is 13.0. The number of nitrogens with zero attached hydrogens (tertiary/aromatic N) is 1.